The van der Waals surface area contributed by atoms with Crippen LogP contribution in [0, 0.1) is 39.9 Å². The highest BCUT2D eigenvalue weighted by molar-refractivity contribution is 5.92. The van der Waals surface area contributed by atoms with E-state index >= 15 is 0 Å². The van der Waals surface area contributed by atoms with Gasteiger partial charge in [0, 0.05) is 24.7 Å². The Bertz CT molecular complexity index is 754. The molecule has 0 amide bonds. The molecule has 3 saturated carbocycles. The summed E-state index contributed by atoms with van der Waals surface area (Å²) >= 11 is 0. The number of Topliss-reactive ketones (excluding diaryl/α,β-unsaturated/α-hetero) is 1. The normalized spacial score (nSPS) is 46.1. The highest BCUT2D eigenvalue weighted by Crippen LogP contribution is 2.68. The number of carbonyl (C=O) groups excluding carboxylic acids is 3. The minimum Gasteiger partial charge on any atom is -0.469 e. The van der Waals surface area contributed by atoms with Gasteiger partial charge in [-0.15, -0.1) is 0 Å². The van der Waals surface area contributed by atoms with Crippen molar-refractivity contribution in [2.75, 3.05) is 7.11 Å². The lowest BCUT2D eigenvalue weighted by molar-refractivity contribution is -0.158. The zero-order chi connectivity index (χ0) is 21.0. The van der Waals surface area contributed by atoms with Gasteiger partial charge in [0.15, 0.2) is 5.78 Å². The van der Waals surface area contributed by atoms with Crippen LogP contribution in [-0.4, -0.2) is 24.6 Å². The van der Waals surface area contributed by atoms with Crippen LogP contribution in [0.15, 0.2) is 12.2 Å². The third-order valence-electron chi connectivity index (χ3n) is 9.93. The van der Waals surface area contributed by atoms with E-state index in [0.29, 0.717) is 48.7 Å². The molecular formula is C25H36O4. The summed E-state index contributed by atoms with van der Waals surface area (Å²) in [7, 11) is 1.44. The number of rotatable bonds is 4. The third-order valence-corrected chi connectivity index (χ3v) is 9.93. The molecule has 0 aromatic heterocycles. The van der Waals surface area contributed by atoms with Crippen LogP contribution >= 0.6 is 0 Å². The Kier molecular flexibility index (Phi) is 5.07. The van der Waals surface area contributed by atoms with Gasteiger partial charge in [0.25, 0.3) is 0 Å². The second kappa shape index (κ2) is 7.06. The van der Waals surface area contributed by atoms with Crippen LogP contribution in [0.4, 0.5) is 0 Å². The molecule has 3 fully saturated rings. The molecular weight excluding hydrogens is 364 g/mol. The number of methoxy groups -OCH3 is 1. The zero-order valence-corrected chi connectivity index (χ0v) is 18.5. The summed E-state index contributed by atoms with van der Waals surface area (Å²) in [6.07, 6.45) is 11.8. The van der Waals surface area contributed by atoms with Crippen LogP contribution < -0.4 is 0 Å². The highest BCUT2D eigenvalue weighted by atomic mass is 16.5. The average Bonchev–Trinajstić information content (AvgIpc) is 3.02. The molecule has 0 saturated heterocycles. The summed E-state index contributed by atoms with van der Waals surface area (Å²) in [6, 6.07) is 0. The van der Waals surface area contributed by atoms with Gasteiger partial charge < -0.3 is 4.74 Å². The van der Waals surface area contributed by atoms with E-state index in [1.165, 1.54) is 7.11 Å². The van der Waals surface area contributed by atoms with Gasteiger partial charge in [-0.2, -0.15) is 0 Å². The number of hydrogen-bond donors (Lipinski definition) is 0. The van der Waals surface area contributed by atoms with E-state index in [0.717, 1.165) is 38.5 Å². The van der Waals surface area contributed by atoms with Crippen molar-refractivity contribution in [3.63, 3.8) is 0 Å². The summed E-state index contributed by atoms with van der Waals surface area (Å²) in [6.45, 7) is 6.81. The van der Waals surface area contributed by atoms with Gasteiger partial charge in [-0.1, -0.05) is 26.8 Å². The Labute approximate surface area is 174 Å². The van der Waals surface area contributed by atoms with Crippen molar-refractivity contribution >= 4 is 17.5 Å². The van der Waals surface area contributed by atoms with E-state index in [-0.39, 0.29) is 28.0 Å². The lowest BCUT2D eigenvalue weighted by Crippen LogP contribution is -2.59. The molecule has 7 unspecified atom stereocenters. The molecule has 4 nitrogen and oxygen atoms in total. The number of esters is 1. The van der Waals surface area contributed by atoms with Crippen LogP contribution in [0.5, 0.6) is 0 Å². The molecule has 4 heteroatoms. The molecule has 0 bridgehead atoms. The lowest BCUT2D eigenvalue weighted by Gasteiger charge is -2.62. The van der Waals surface area contributed by atoms with Gasteiger partial charge in [-0.05, 0) is 79.1 Å². The van der Waals surface area contributed by atoms with Crippen molar-refractivity contribution in [1.29, 1.82) is 0 Å². The first-order valence-electron chi connectivity index (χ1n) is 11.5. The summed E-state index contributed by atoms with van der Waals surface area (Å²) in [5.74, 6) is 2.27. The SMILES string of the molecule is COC(=O)CCCC1CCC2C3CCC4(C)CC(=O)C=CC4(C)C3CC(=O)C12C. The smallest absolute Gasteiger partial charge is 0.305 e. The predicted molar refractivity (Wildman–Crippen MR) is 111 cm³/mol. The fourth-order valence-electron chi connectivity index (χ4n) is 7.84. The molecule has 29 heavy (non-hydrogen) atoms. The van der Waals surface area contributed by atoms with Gasteiger partial charge in [0.1, 0.15) is 5.78 Å². The minimum absolute atomic E-state index is 0.0213. The fraction of sp³-hybridized carbons (Fsp3) is 0.800. The molecule has 4 aliphatic rings. The third kappa shape index (κ3) is 2.96. The van der Waals surface area contributed by atoms with Crippen molar-refractivity contribution in [2.24, 2.45) is 39.9 Å². The second-order valence-corrected chi connectivity index (χ2v) is 10.9. The molecule has 0 aliphatic heterocycles. The van der Waals surface area contributed by atoms with E-state index in [2.05, 4.69) is 26.8 Å². The van der Waals surface area contributed by atoms with Crippen LogP contribution in [0.1, 0.15) is 78.6 Å². The fourth-order valence-corrected chi connectivity index (χ4v) is 7.84. The maximum absolute atomic E-state index is 13.6. The number of fused-ring (bicyclic) bond motifs is 5. The molecule has 0 spiro atoms. The lowest BCUT2D eigenvalue weighted by atomic mass is 9.41. The van der Waals surface area contributed by atoms with Crippen LogP contribution in [0.3, 0.4) is 0 Å². The Morgan fingerprint density at radius 1 is 1.14 bits per heavy atom. The number of hydrogen-bond acceptors (Lipinski definition) is 4. The summed E-state index contributed by atoms with van der Waals surface area (Å²) in [5, 5.41) is 0. The molecule has 4 aliphatic carbocycles. The molecule has 0 heterocycles. The van der Waals surface area contributed by atoms with Gasteiger partial charge in [0.05, 0.1) is 7.11 Å². The van der Waals surface area contributed by atoms with Crippen LogP contribution in [0.2, 0.25) is 0 Å². The van der Waals surface area contributed by atoms with Crippen LogP contribution in [-0.2, 0) is 19.1 Å². The number of ketones is 2. The first-order chi connectivity index (χ1) is 13.7. The van der Waals surface area contributed by atoms with Gasteiger partial charge in [0.2, 0.25) is 0 Å². The summed E-state index contributed by atoms with van der Waals surface area (Å²) in [5.41, 5.74) is -0.327. The first kappa shape index (κ1) is 20.8. The molecule has 0 N–H and O–H groups in total. The average molecular weight is 401 g/mol. The standard InChI is InChI=1S/C25H36O4/c1-23-12-11-18-19-9-8-16(6-5-7-22(28)29-4)25(19,3)21(27)14-20(18)24(23,2)13-10-17(26)15-23/h10,13,16,18-20H,5-9,11-12,14-15H2,1-4H3. The van der Waals surface area contributed by atoms with Crippen molar-refractivity contribution in [3.8, 4) is 0 Å². The maximum Gasteiger partial charge on any atom is 0.305 e. The number of ether oxygens (including phenoxy) is 1. The van der Waals surface area contributed by atoms with Crippen molar-refractivity contribution in [1.82, 2.24) is 0 Å². The number of carbonyl (C=O) groups is 3. The molecule has 4 rings (SSSR count). The summed E-state index contributed by atoms with van der Waals surface area (Å²) < 4.78 is 4.78. The van der Waals surface area contributed by atoms with E-state index in [1.807, 2.05) is 0 Å². The van der Waals surface area contributed by atoms with Crippen molar-refractivity contribution < 1.29 is 19.1 Å². The van der Waals surface area contributed by atoms with Crippen molar-refractivity contribution in [3.05, 3.63) is 12.2 Å². The van der Waals surface area contributed by atoms with Gasteiger partial charge in [-0.25, -0.2) is 0 Å². The predicted octanol–water partition coefficient (Wildman–Crippen LogP) is 4.90. The Hall–Kier alpha value is -1.45. The van der Waals surface area contributed by atoms with E-state index in [9.17, 15) is 14.4 Å². The van der Waals surface area contributed by atoms with Gasteiger partial charge >= 0.3 is 5.97 Å². The van der Waals surface area contributed by atoms with Gasteiger partial charge in [-0.3, -0.25) is 14.4 Å². The molecule has 0 aromatic rings. The van der Waals surface area contributed by atoms with E-state index in [4.69, 9.17) is 4.74 Å². The second-order valence-electron chi connectivity index (χ2n) is 10.9. The van der Waals surface area contributed by atoms with Crippen molar-refractivity contribution in [2.45, 2.75) is 78.6 Å². The Balaban J connectivity index is 1.57. The largest absolute Gasteiger partial charge is 0.469 e. The zero-order valence-electron chi connectivity index (χ0n) is 18.5. The monoisotopic (exact) mass is 400 g/mol. The first-order valence-corrected chi connectivity index (χ1v) is 11.5. The minimum atomic E-state index is -0.240. The molecule has 0 radical (unpaired) electrons. The molecule has 7 atom stereocenters. The highest BCUT2D eigenvalue weighted by Gasteiger charge is 2.65. The summed E-state index contributed by atoms with van der Waals surface area (Å²) in [4.78, 5) is 37.3. The number of allylic oxidation sites excluding steroid dienone is 2. The maximum atomic E-state index is 13.6. The van der Waals surface area contributed by atoms with E-state index < -0.39 is 0 Å². The van der Waals surface area contributed by atoms with Crippen LogP contribution in [0.25, 0.3) is 0 Å². The quantitative estimate of drug-likeness (QED) is 0.630. The molecule has 160 valence electrons. The molecule has 0 aromatic carbocycles. The Morgan fingerprint density at radius 3 is 2.62 bits per heavy atom. The Morgan fingerprint density at radius 2 is 1.90 bits per heavy atom. The topological polar surface area (TPSA) is 60.4 Å². The van der Waals surface area contributed by atoms with E-state index in [1.54, 1.807) is 6.08 Å².